The van der Waals surface area contributed by atoms with Crippen molar-refractivity contribution in [2.24, 2.45) is 16.3 Å². The summed E-state index contributed by atoms with van der Waals surface area (Å²) in [6.07, 6.45) is 1.20. The summed E-state index contributed by atoms with van der Waals surface area (Å²) < 4.78 is 5.10. The third kappa shape index (κ3) is 4.09. The van der Waals surface area contributed by atoms with Crippen LogP contribution in [0.25, 0.3) is 11.1 Å². The van der Waals surface area contributed by atoms with Crippen molar-refractivity contribution in [3.8, 4) is 11.1 Å². The van der Waals surface area contributed by atoms with Crippen molar-refractivity contribution in [1.29, 1.82) is 0 Å². The molecule has 31 heavy (non-hydrogen) atoms. The Hall–Kier alpha value is -2.72. The Morgan fingerprint density at radius 1 is 1.06 bits per heavy atom. The predicted octanol–water partition coefficient (Wildman–Crippen LogP) is 6.00. The molecule has 5 heteroatoms. The Morgan fingerprint density at radius 2 is 1.74 bits per heavy atom. The standard InChI is InChI=1S/C26H26ClNO3/c1-15-22(25(30)31-4)23(24-20(28-15)13-26(2,3)14-21(24)29)18-9-5-7-16(11-18)17-8-6-10-19(27)12-17/h5-12,23-24H,13-14H2,1-4H3. The molecule has 1 aliphatic heterocycles. The highest BCUT2D eigenvalue weighted by molar-refractivity contribution is 6.30. The maximum absolute atomic E-state index is 13.3. The van der Waals surface area contributed by atoms with Gasteiger partial charge in [-0.1, -0.05) is 61.8 Å². The van der Waals surface area contributed by atoms with Crippen molar-refractivity contribution < 1.29 is 14.3 Å². The van der Waals surface area contributed by atoms with Crippen molar-refractivity contribution >= 4 is 29.1 Å². The second-order valence-electron chi connectivity index (χ2n) is 9.17. The average molecular weight is 436 g/mol. The second-order valence-corrected chi connectivity index (χ2v) is 9.61. The zero-order valence-corrected chi connectivity index (χ0v) is 19.0. The molecule has 4 rings (SSSR count). The molecule has 2 aliphatic rings. The van der Waals surface area contributed by atoms with Gasteiger partial charge >= 0.3 is 5.97 Å². The zero-order valence-electron chi connectivity index (χ0n) is 18.2. The van der Waals surface area contributed by atoms with Gasteiger partial charge in [0.05, 0.1) is 18.6 Å². The fourth-order valence-corrected chi connectivity index (χ4v) is 5.10. The molecule has 4 nitrogen and oxygen atoms in total. The molecule has 0 radical (unpaired) electrons. The fourth-order valence-electron chi connectivity index (χ4n) is 4.91. The van der Waals surface area contributed by atoms with Crippen LogP contribution in [0.4, 0.5) is 0 Å². The van der Waals surface area contributed by atoms with Crippen LogP contribution >= 0.6 is 11.6 Å². The van der Waals surface area contributed by atoms with E-state index in [0.29, 0.717) is 22.7 Å². The summed E-state index contributed by atoms with van der Waals surface area (Å²) in [7, 11) is 1.37. The summed E-state index contributed by atoms with van der Waals surface area (Å²) in [6.45, 7) is 6.01. The Labute approximate surface area is 188 Å². The lowest BCUT2D eigenvalue weighted by atomic mass is 9.63. The number of carbonyl (C=O) groups excluding carboxylic acids is 2. The fraction of sp³-hybridized carbons (Fsp3) is 0.346. The van der Waals surface area contributed by atoms with Gasteiger partial charge in [0.25, 0.3) is 0 Å². The van der Waals surface area contributed by atoms with Crippen LogP contribution in [0.2, 0.25) is 5.02 Å². The first-order valence-corrected chi connectivity index (χ1v) is 10.8. The molecule has 2 aromatic rings. The molecule has 0 amide bonds. The zero-order chi connectivity index (χ0) is 22.3. The number of hydrogen-bond donors (Lipinski definition) is 0. The molecule has 2 atom stereocenters. The van der Waals surface area contributed by atoms with E-state index >= 15 is 0 Å². The number of Topliss-reactive ketones (excluding diaryl/α,β-unsaturated/α-hetero) is 1. The molecule has 0 N–H and O–H groups in total. The number of hydrogen-bond acceptors (Lipinski definition) is 4. The number of halogens is 1. The minimum atomic E-state index is -0.444. The van der Waals surface area contributed by atoms with Gasteiger partial charge in [-0.05, 0) is 47.6 Å². The molecule has 0 bridgehead atoms. The van der Waals surface area contributed by atoms with Gasteiger partial charge in [0.1, 0.15) is 5.78 Å². The Kier molecular flexibility index (Phi) is 5.61. The van der Waals surface area contributed by atoms with Gasteiger partial charge < -0.3 is 4.74 Å². The van der Waals surface area contributed by atoms with Crippen LogP contribution < -0.4 is 0 Å². The van der Waals surface area contributed by atoms with Gasteiger partial charge in [-0.3, -0.25) is 9.79 Å². The number of benzene rings is 2. The first-order valence-electron chi connectivity index (χ1n) is 10.5. The number of ketones is 1. The van der Waals surface area contributed by atoms with E-state index in [1.807, 2.05) is 55.5 Å². The lowest BCUT2D eigenvalue weighted by molar-refractivity contribution is -0.136. The smallest absolute Gasteiger partial charge is 0.336 e. The molecule has 2 aromatic carbocycles. The molecule has 1 saturated carbocycles. The number of aliphatic imine (C=N–C) groups is 1. The lowest BCUT2D eigenvalue weighted by Crippen LogP contribution is -2.44. The molecular weight excluding hydrogens is 410 g/mol. The maximum atomic E-state index is 13.3. The quantitative estimate of drug-likeness (QED) is 0.556. The third-order valence-electron chi connectivity index (χ3n) is 6.17. The lowest BCUT2D eigenvalue weighted by Gasteiger charge is -2.41. The first kappa shape index (κ1) is 21.5. The van der Waals surface area contributed by atoms with Crippen LogP contribution in [0.15, 0.2) is 64.8 Å². The number of allylic oxidation sites excluding steroid dienone is 1. The minimum absolute atomic E-state index is 0.127. The summed E-state index contributed by atoms with van der Waals surface area (Å²) >= 11 is 6.19. The van der Waals surface area contributed by atoms with Crippen LogP contribution in [0.5, 0.6) is 0 Å². The molecule has 0 saturated heterocycles. The van der Waals surface area contributed by atoms with Gasteiger partial charge in [-0.2, -0.15) is 0 Å². The monoisotopic (exact) mass is 435 g/mol. The minimum Gasteiger partial charge on any atom is -0.466 e. The maximum Gasteiger partial charge on any atom is 0.336 e. The summed E-state index contributed by atoms with van der Waals surface area (Å²) in [5.74, 6) is -1.17. The van der Waals surface area contributed by atoms with E-state index in [0.717, 1.165) is 28.8 Å². The number of esters is 1. The first-order chi connectivity index (χ1) is 14.7. The van der Waals surface area contributed by atoms with Crippen LogP contribution in [0.3, 0.4) is 0 Å². The normalized spacial score (nSPS) is 22.6. The Bertz CT molecular complexity index is 1130. The van der Waals surface area contributed by atoms with Gasteiger partial charge in [0.2, 0.25) is 0 Å². The molecule has 1 aliphatic carbocycles. The summed E-state index contributed by atoms with van der Waals surface area (Å²) in [5.41, 5.74) is 4.69. The molecule has 0 aromatic heterocycles. The highest BCUT2D eigenvalue weighted by Crippen LogP contribution is 2.47. The molecule has 1 heterocycles. The van der Waals surface area contributed by atoms with Crippen LogP contribution in [-0.4, -0.2) is 24.6 Å². The van der Waals surface area contributed by atoms with Crippen LogP contribution in [0, 0.1) is 11.3 Å². The molecule has 1 fully saturated rings. The van der Waals surface area contributed by atoms with Crippen molar-refractivity contribution in [3.05, 3.63) is 70.4 Å². The predicted molar refractivity (Wildman–Crippen MR) is 123 cm³/mol. The number of nitrogens with zero attached hydrogens (tertiary/aromatic N) is 1. The number of rotatable bonds is 3. The largest absolute Gasteiger partial charge is 0.466 e. The van der Waals surface area contributed by atoms with Crippen molar-refractivity contribution in [3.63, 3.8) is 0 Å². The highest BCUT2D eigenvalue weighted by Gasteiger charge is 2.47. The Balaban J connectivity index is 1.87. The van der Waals surface area contributed by atoms with E-state index in [4.69, 9.17) is 21.3 Å². The number of fused-ring (bicyclic) bond motifs is 1. The van der Waals surface area contributed by atoms with Crippen molar-refractivity contribution in [1.82, 2.24) is 0 Å². The summed E-state index contributed by atoms with van der Waals surface area (Å²) in [5, 5.41) is 0.658. The molecule has 2 unspecified atom stereocenters. The van der Waals surface area contributed by atoms with Crippen LogP contribution in [-0.2, 0) is 14.3 Å². The summed E-state index contributed by atoms with van der Waals surface area (Å²) in [4.78, 5) is 30.8. The van der Waals surface area contributed by atoms with E-state index in [1.54, 1.807) is 0 Å². The number of methoxy groups -OCH3 is 1. The molecule has 0 spiro atoms. The van der Waals surface area contributed by atoms with Gasteiger partial charge in [0.15, 0.2) is 0 Å². The van der Waals surface area contributed by atoms with Gasteiger partial charge in [-0.25, -0.2) is 4.79 Å². The van der Waals surface area contributed by atoms with E-state index < -0.39 is 17.8 Å². The summed E-state index contributed by atoms with van der Waals surface area (Å²) in [6, 6.07) is 15.6. The van der Waals surface area contributed by atoms with Crippen molar-refractivity contribution in [2.75, 3.05) is 7.11 Å². The van der Waals surface area contributed by atoms with E-state index in [1.165, 1.54) is 7.11 Å². The van der Waals surface area contributed by atoms with E-state index in [9.17, 15) is 9.59 Å². The number of ether oxygens (including phenoxy) is 1. The second kappa shape index (κ2) is 8.08. The van der Waals surface area contributed by atoms with Crippen LogP contribution in [0.1, 0.15) is 45.1 Å². The van der Waals surface area contributed by atoms with Crippen molar-refractivity contribution in [2.45, 2.75) is 39.5 Å². The SMILES string of the molecule is COC(=O)C1=C(C)N=C2CC(C)(C)CC(=O)C2C1c1cccc(-c2cccc(Cl)c2)c1. The average Bonchev–Trinajstić information content (AvgIpc) is 2.71. The molecular formula is C26H26ClNO3. The van der Waals surface area contributed by atoms with Gasteiger partial charge in [0, 0.05) is 28.8 Å². The van der Waals surface area contributed by atoms with E-state index in [-0.39, 0.29) is 11.2 Å². The Morgan fingerprint density at radius 3 is 2.42 bits per heavy atom. The van der Waals surface area contributed by atoms with E-state index in [2.05, 4.69) is 13.8 Å². The third-order valence-corrected chi connectivity index (χ3v) is 6.41. The topological polar surface area (TPSA) is 55.7 Å². The van der Waals surface area contributed by atoms with Gasteiger partial charge in [-0.15, -0.1) is 0 Å². The highest BCUT2D eigenvalue weighted by atomic mass is 35.5. The number of carbonyl (C=O) groups is 2. The molecule has 160 valence electrons.